The van der Waals surface area contributed by atoms with Gasteiger partial charge in [0.25, 0.3) is 0 Å². The lowest BCUT2D eigenvalue weighted by Gasteiger charge is -2.46. The maximum atomic E-state index is 10.3. The lowest BCUT2D eigenvalue weighted by molar-refractivity contribution is -0.360. The number of hydrogen-bond acceptors (Lipinski definition) is 12. The predicted octanol–water partition coefficient (Wildman–Crippen LogP) is -1.26. The third-order valence-corrected chi connectivity index (χ3v) is 6.01. The average molecular weight is 529 g/mol. The van der Waals surface area contributed by atoms with Crippen LogP contribution in [0.2, 0.25) is 0 Å². The van der Waals surface area contributed by atoms with E-state index in [1.807, 2.05) is 30.3 Å². The van der Waals surface area contributed by atoms with Crippen LogP contribution in [0.4, 0.5) is 0 Å². The molecule has 11 atom stereocenters. The topological polar surface area (TPSA) is 177 Å². The standard InChI is InChI=1S/C16H20O6.C9H16O6/c1-2-8-19-16-13(18)12(17)14-11(21-16)9-20-15(22-14)10-6-4-3-5-7-10;1-2-3-14-9-8(13)7(12)6(11)5(4-10)15-9/h2-7,11-18H,1,8-9H2;2,5-13H,1,3-4H2. The Morgan fingerprint density at radius 2 is 1.38 bits per heavy atom. The highest BCUT2D eigenvalue weighted by molar-refractivity contribution is 5.16. The molecule has 0 bridgehead atoms. The Morgan fingerprint density at radius 3 is 1.97 bits per heavy atom. The van der Waals surface area contributed by atoms with Crippen molar-refractivity contribution in [1.29, 1.82) is 0 Å². The van der Waals surface area contributed by atoms with Crippen molar-refractivity contribution in [3.8, 4) is 0 Å². The smallest absolute Gasteiger partial charge is 0.187 e. The van der Waals surface area contributed by atoms with Crippen LogP contribution in [0.5, 0.6) is 0 Å². The molecule has 37 heavy (non-hydrogen) atoms. The zero-order chi connectivity index (χ0) is 26.9. The first-order valence-corrected chi connectivity index (χ1v) is 11.9. The van der Waals surface area contributed by atoms with Gasteiger partial charge < -0.3 is 59.1 Å². The van der Waals surface area contributed by atoms with Gasteiger partial charge in [-0.05, 0) is 0 Å². The molecule has 0 spiro atoms. The third kappa shape index (κ3) is 7.41. The zero-order valence-corrected chi connectivity index (χ0v) is 20.3. The second-order valence-electron chi connectivity index (χ2n) is 8.64. The summed E-state index contributed by atoms with van der Waals surface area (Å²) in [6, 6.07) is 9.44. The van der Waals surface area contributed by atoms with Gasteiger partial charge in [0.1, 0.15) is 48.8 Å². The molecule has 3 aliphatic rings. The number of ether oxygens (including phenoxy) is 6. The summed E-state index contributed by atoms with van der Waals surface area (Å²) in [4.78, 5) is 0. The second-order valence-corrected chi connectivity index (χ2v) is 8.64. The summed E-state index contributed by atoms with van der Waals surface area (Å²) in [5.41, 5.74) is 0.854. The summed E-state index contributed by atoms with van der Waals surface area (Å²) >= 11 is 0. The molecular weight excluding hydrogens is 492 g/mol. The van der Waals surface area contributed by atoms with Crippen molar-refractivity contribution in [2.45, 2.75) is 67.7 Å². The van der Waals surface area contributed by atoms with Gasteiger partial charge in [0.05, 0.1) is 26.4 Å². The third-order valence-electron chi connectivity index (χ3n) is 6.01. The van der Waals surface area contributed by atoms with Gasteiger partial charge in [-0.3, -0.25) is 0 Å². The Morgan fingerprint density at radius 1 is 0.784 bits per heavy atom. The van der Waals surface area contributed by atoms with Crippen molar-refractivity contribution < 1.29 is 59.1 Å². The molecule has 1 aromatic rings. The molecule has 6 N–H and O–H groups in total. The number of hydrogen-bond donors (Lipinski definition) is 6. The molecule has 12 heteroatoms. The summed E-state index contributed by atoms with van der Waals surface area (Å²) < 4.78 is 32.5. The van der Waals surface area contributed by atoms with Crippen LogP contribution < -0.4 is 0 Å². The van der Waals surface area contributed by atoms with Gasteiger partial charge in [0.2, 0.25) is 0 Å². The van der Waals surface area contributed by atoms with E-state index in [4.69, 9.17) is 33.5 Å². The quantitative estimate of drug-likeness (QED) is 0.221. The first-order valence-electron chi connectivity index (χ1n) is 11.9. The van der Waals surface area contributed by atoms with Gasteiger partial charge in [0, 0.05) is 5.56 Å². The summed E-state index contributed by atoms with van der Waals surface area (Å²) in [6.45, 7) is 7.12. The van der Waals surface area contributed by atoms with Crippen molar-refractivity contribution in [3.05, 3.63) is 61.2 Å². The fourth-order valence-corrected chi connectivity index (χ4v) is 4.03. The lowest BCUT2D eigenvalue weighted by Crippen LogP contribution is -2.62. The highest BCUT2D eigenvalue weighted by Crippen LogP contribution is 2.34. The highest BCUT2D eigenvalue weighted by Gasteiger charge is 2.49. The van der Waals surface area contributed by atoms with Crippen molar-refractivity contribution in [3.63, 3.8) is 0 Å². The molecule has 208 valence electrons. The number of rotatable bonds is 8. The van der Waals surface area contributed by atoms with Crippen LogP contribution in [-0.4, -0.2) is 118 Å². The van der Waals surface area contributed by atoms with Crippen molar-refractivity contribution in [1.82, 2.24) is 0 Å². The molecule has 12 nitrogen and oxygen atoms in total. The minimum atomic E-state index is -1.40. The van der Waals surface area contributed by atoms with Crippen molar-refractivity contribution in [2.24, 2.45) is 0 Å². The molecule has 0 aromatic heterocycles. The zero-order valence-electron chi connectivity index (χ0n) is 20.3. The molecule has 1 aromatic carbocycles. The molecule has 11 unspecified atom stereocenters. The largest absolute Gasteiger partial charge is 0.394 e. The van der Waals surface area contributed by atoms with Gasteiger partial charge in [-0.15, -0.1) is 13.2 Å². The van der Waals surface area contributed by atoms with Crippen LogP contribution in [0.15, 0.2) is 55.6 Å². The predicted molar refractivity (Wildman–Crippen MR) is 127 cm³/mol. The molecule has 0 aliphatic carbocycles. The van der Waals surface area contributed by atoms with Crippen LogP contribution in [0.25, 0.3) is 0 Å². The number of aliphatic hydroxyl groups is 6. The van der Waals surface area contributed by atoms with Crippen LogP contribution >= 0.6 is 0 Å². The van der Waals surface area contributed by atoms with Gasteiger partial charge in [-0.2, -0.15) is 0 Å². The van der Waals surface area contributed by atoms with Crippen molar-refractivity contribution in [2.75, 3.05) is 26.4 Å². The maximum absolute atomic E-state index is 10.3. The Balaban J connectivity index is 0.000000222. The van der Waals surface area contributed by atoms with E-state index in [9.17, 15) is 25.5 Å². The maximum Gasteiger partial charge on any atom is 0.187 e. The van der Waals surface area contributed by atoms with E-state index >= 15 is 0 Å². The monoisotopic (exact) mass is 528 g/mol. The Bertz CT molecular complexity index is 821. The van der Waals surface area contributed by atoms with Crippen LogP contribution in [-0.2, 0) is 28.4 Å². The normalized spacial score (nSPS) is 39.6. The average Bonchev–Trinajstić information content (AvgIpc) is 2.93. The molecule has 0 radical (unpaired) electrons. The lowest BCUT2D eigenvalue weighted by atomic mass is 9.98. The Labute approximate surface area is 214 Å². The van der Waals surface area contributed by atoms with E-state index in [0.29, 0.717) is 0 Å². The van der Waals surface area contributed by atoms with Gasteiger partial charge in [0.15, 0.2) is 18.9 Å². The van der Waals surface area contributed by atoms with E-state index in [-0.39, 0.29) is 19.8 Å². The van der Waals surface area contributed by atoms with Gasteiger partial charge in [-0.1, -0.05) is 42.5 Å². The Hall–Kier alpha value is -1.78. The van der Waals surface area contributed by atoms with E-state index in [2.05, 4.69) is 13.2 Å². The first-order chi connectivity index (χ1) is 17.8. The highest BCUT2D eigenvalue weighted by atomic mass is 16.8. The molecule has 3 saturated heterocycles. The SMILES string of the molecule is C=CCOC1OC(CO)C(O)C(O)C1O.C=CCOC1OC2COC(c3ccccc3)OC2C(O)C1O. The summed E-state index contributed by atoms with van der Waals surface area (Å²) in [6.07, 6.45) is -8.05. The fourth-order valence-electron chi connectivity index (χ4n) is 4.03. The number of benzene rings is 1. The second kappa shape index (κ2) is 14.4. The molecule has 3 fully saturated rings. The minimum Gasteiger partial charge on any atom is -0.394 e. The molecular formula is C25H36O12. The van der Waals surface area contributed by atoms with Crippen LogP contribution in [0.1, 0.15) is 11.9 Å². The van der Waals surface area contributed by atoms with Crippen molar-refractivity contribution >= 4 is 0 Å². The number of aliphatic hydroxyl groups excluding tert-OH is 6. The summed E-state index contributed by atoms with van der Waals surface area (Å²) in [5.74, 6) is 0. The molecule has 4 rings (SSSR count). The molecule has 3 aliphatic heterocycles. The van der Waals surface area contributed by atoms with E-state index < -0.39 is 74.3 Å². The number of fused-ring (bicyclic) bond motifs is 1. The van der Waals surface area contributed by atoms with Crippen LogP contribution in [0.3, 0.4) is 0 Å². The Kier molecular flexibility index (Phi) is 11.6. The van der Waals surface area contributed by atoms with E-state index in [0.717, 1.165) is 5.56 Å². The molecule has 3 heterocycles. The summed E-state index contributed by atoms with van der Waals surface area (Å²) in [5, 5.41) is 57.5. The fraction of sp³-hybridized carbons (Fsp3) is 0.600. The molecule has 0 saturated carbocycles. The van der Waals surface area contributed by atoms with E-state index in [1.165, 1.54) is 6.08 Å². The van der Waals surface area contributed by atoms with E-state index in [1.54, 1.807) is 6.08 Å². The molecule has 0 amide bonds. The first kappa shape index (κ1) is 29.8. The van der Waals surface area contributed by atoms with Crippen LogP contribution in [0, 0.1) is 0 Å². The van der Waals surface area contributed by atoms with Gasteiger partial charge in [-0.25, -0.2) is 0 Å². The summed E-state index contributed by atoms with van der Waals surface area (Å²) in [7, 11) is 0. The van der Waals surface area contributed by atoms with Gasteiger partial charge >= 0.3 is 0 Å². The minimum absolute atomic E-state index is 0.142.